The molecule has 0 saturated heterocycles. The fourth-order valence-corrected chi connectivity index (χ4v) is 2.39. The van der Waals surface area contributed by atoms with Crippen molar-refractivity contribution in [3.05, 3.63) is 59.9 Å². The number of hydrogen-bond acceptors (Lipinski definition) is 3. The Balaban J connectivity index is 1.61. The van der Waals surface area contributed by atoms with Gasteiger partial charge in [0.25, 0.3) is 0 Å². The number of methoxy groups -OCH3 is 1. The van der Waals surface area contributed by atoms with Crippen LogP contribution in [0.2, 0.25) is 0 Å². The zero-order chi connectivity index (χ0) is 18.8. The molecule has 2 rings (SSSR count). The quantitative estimate of drug-likeness (QED) is 0.692. The number of urea groups is 1. The van der Waals surface area contributed by atoms with Crippen molar-refractivity contribution in [3.63, 3.8) is 0 Å². The number of nitrogens with zero attached hydrogens (tertiary/aromatic N) is 1. The van der Waals surface area contributed by atoms with Gasteiger partial charge in [-0.15, -0.1) is 0 Å². The molecule has 0 aromatic heterocycles. The van der Waals surface area contributed by atoms with Crippen molar-refractivity contribution in [2.24, 2.45) is 0 Å². The molecule has 140 valence electrons. The lowest BCUT2D eigenvalue weighted by atomic mass is 10.2. The van der Waals surface area contributed by atoms with Crippen LogP contribution in [0, 0.1) is 5.82 Å². The lowest BCUT2D eigenvalue weighted by Gasteiger charge is -2.18. The molecule has 0 aliphatic rings. The Morgan fingerprint density at radius 3 is 2.62 bits per heavy atom. The van der Waals surface area contributed by atoms with E-state index >= 15 is 0 Å². The predicted octanol–water partition coefficient (Wildman–Crippen LogP) is 3.83. The molecule has 6 heteroatoms. The molecule has 0 aliphatic heterocycles. The molecule has 0 radical (unpaired) electrons. The number of amides is 2. The van der Waals surface area contributed by atoms with Crippen LogP contribution < -0.4 is 14.8 Å². The van der Waals surface area contributed by atoms with Crippen LogP contribution in [0.25, 0.3) is 0 Å². The van der Waals surface area contributed by atoms with Crippen LogP contribution in [0.15, 0.2) is 48.5 Å². The maximum absolute atomic E-state index is 12.8. The third-order valence-corrected chi connectivity index (χ3v) is 3.83. The summed E-state index contributed by atoms with van der Waals surface area (Å²) < 4.78 is 23.5. The molecule has 0 spiro atoms. The van der Waals surface area contributed by atoms with E-state index in [2.05, 4.69) is 5.32 Å². The number of benzene rings is 2. The number of carbonyl (C=O) groups excluding carboxylic acids is 1. The molecule has 26 heavy (non-hydrogen) atoms. The lowest BCUT2D eigenvalue weighted by molar-refractivity contribution is 0.206. The van der Waals surface area contributed by atoms with Crippen LogP contribution in [-0.2, 0) is 6.54 Å². The molecule has 2 aromatic carbocycles. The van der Waals surface area contributed by atoms with Crippen LogP contribution in [-0.4, -0.2) is 38.2 Å². The van der Waals surface area contributed by atoms with Gasteiger partial charge in [-0.2, -0.15) is 0 Å². The number of ether oxygens (including phenoxy) is 2. The zero-order valence-electron chi connectivity index (χ0n) is 15.2. The SMILES string of the molecule is COc1cccc(CN(C)C(=O)NCCCCOc2ccc(F)cc2)c1. The van der Waals surface area contributed by atoms with Crippen molar-refractivity contribution in [2.75, 3.05) is 27.3 Å². The van der Waals surface area contributed by atoms with Crippen LogP contribution in [0.3, 0.4) is 0 Å². The molecule has 1 N–H and O–H groups in total. The molecule has 2 amide bonds. The first kappa shape index (κ1) is 19.6. The molecule has 0 heterocycles. The second-order valence-corrected chi connectivity index (χ2v) is 5.95. The van der Waals surface area contributed by atoms with E-state index in [4.69, 9.17) is 9.47 Å². The van der Waals surface area contributed by atoms with Crippen LogP contribution in [0.4, 0.5) is 9.18 Å². The van der Waals surface area contributed by atoms with Crippen LogP contribution in [0.5, 0.6) is 11.5 Å². The molecule has 0 atom stereocenters. The Bertz CT molecular complexity index is 692. The minimum Gasteiger partial charge on any atom is -0.497 e. The average molecular weight is 360 g/mol. The minimum atomic E-state index is -0.280. The summed E-state index contributed by atoms with van der Waals surface area (Å²) in [5.41, 5.74) is 1.01. The fraction of sp³-hybridized carbons (Fsp3) is 0.350. The Labute approximate surface area is 153 Å². The third-order valence-electron chi connectivity index (χ3n) is 3.83. The summed E-state index contributed by atoms with van der Waals surface area (Å²) in [6, 6.07) is 13.5. The highest BCUT2D eigenvalue weighted by Crippen LogP contribution is 2.14. The molecular weight excluding hydrogens is 335 g/mol. The van der Waals surface area contributed by atoms with Gasteiger partial charge in [0, 0.05) is 20.1 Å². The van der Waals surface area contributed by atoms with Gasteiger partial charge < -0.3 is 19.7 Å². The summed E-state index contributed by atoms with van der Waals surface area (Å²) in [7, 11) is 3.38. The molecule has 0 bridgehead atoms. The fourth-order valence-electron chi connectivity index (χ4n) is 2.39. The number of unbranched alkanes of at least 4 members (excludes halogenated alkanes) is 1. The predicted molar refractivity (Wildman–Crippen MR) is 99.0 cm³/mol. The number of carbonyl (C=O) groups is 1. The highest BCUT2D eigenvalue weighted by molar-refractivity contribution is 5.73. The smallest absolute Gasteiger partial charge is 0.317 e. The van der Waals surface area contributed by atoms with Gasteiger partial charge in [0.2, 0.25) is 0 Å². The second kappa shape index (κ2) is 10.3. The number of nitrogens with one attached hydrogen (secondary N) is 1. The Hall–Kier alpha value is -2.76. The lowest BCUT2D eigenvalue weighted by Crippen LogP contribution is -2.37. The van der Waals surface area contributed by atoms with Gasteiger partial charge in [0.1, 0.15) is 17.3 Å². The van der Waals surface area contributed by atoms with E-state index in [1.807, 2.05) is 24.3 Å². The van der Waals surface area contributed by atoms with Gasteiger partial charge in [-0.25, -0.2) is 9.18 Å². The topological polar surface area (TPSA) is 50.8 Å². The summed E-state index contributed by atoms with van der Waals surface area (Å²) in [6.07, 6.45) is 1.61. The molecular formula is C20H25FN2O3. The van der Waals surface area contributed by atoms with Gasteiger partial charge in [-0.3, -0.25) is 0 Å². The first-order valence-corrected chi connectivity index (χ1v) is 8.59. The summed E-state index contributed by atoms with van der Waals surface area (Å²) in [6.45, 7) is 1.62. The number of rotatable bonds is 9. The maximum Gasteiger partial charge on any atom is 0.317 e. The number of hydrogen-bond donors (Lipinski definition) is 1. The first-order chi connectivity index (χ1) is 12.6. The van der Waals surface area contributed by atoms with Crippen molar-refractivity contribution in [2.45, 2.75) is 19.4 Å². The average Bonchev–Trinajstić information content (AvgIpc) is 2.65. The first-order valence-electron chi connectivity index (χ1n) is 8.59. The van der Waals surface area contributed by atoms with Gasteiger partial charge in [0.15, 0.2) is 0 Å². The molecule has 0 fully saturated rings. The Kier molecular flexibility index (Phi) is 7.74. The van der Waals surface area contributed by atoms with Crippen LogP contribution >= 0.6 is 0 Å². The van der Waals surface area contributed by atoms with E-state index in [0.29, 0.717) is 25.4 Å². The van der Waals surface area contributed by atoms with Gasteiger partial charge in [0.05, 0.1) is 13.7 Å². The molecule has 0 unspecified atom stereocenters. The highest BCUT2D eigenvalue weighted by atomic mass is 19.1. The van der Waals surface area contributed by atoms with E-state index in [9.17, 15) is 9.18 Å². The largest absolute Gasteiger partial charge is 0.497 e. The molecule has 5 nitrogen and oxygen atoms in total. The van der Waals surface area contributed by atoms with Crippen molar-refractivity contribution >= 4 is 6.03 Å². The van der Waals surface area contributed by atoms with Crippen LogP contribution in [0.1, 0.15) is 18.4 Å². The summed E-state index contributed by atoms with van der Waals surface area (Å²) in [4.78, 5) is 13.7. The summed E-state index contributed by atoms with van der Waals surface area (Å²) in [5, 5.41) is 2.89. The summed E-state index contributed by atoms with van der Waals surface area (Å²) >= 11 is 0. The highest BCUT2D eigenvalue weighted by Gasteiger charge is 2.08. The molecule has 0 aliphatic carbocycles. The zero-order valence-corrected chi connectivity index (χ0v) is 15.2. The maximum atomic E-state index is 12.8. The normalized spacial score (nSPS) is 10.3. The van der Waals surface area contributed by atoms with Gasteiger partial charge in [-0.05, 0) is 54.8 Å². The summed E-state index contributed by atoms with van der Waals surface area (Å²) in [5.74, 6) is 1.14. The monoisotopic (exact) mass is 360 g/mol. The van der Waals surface area contributed by atoms with E-state index in [0.717, 1.165) is 24.2 Å². The van der Waals surface area contributed by atoms with E-state index in [1.165, 1.54) is 12.1 Å². The Morgan fingerprint density at radius 1 is 1.12 bits per heavy atom. The second-order valence-electron chi connectivity index (χ2n) is 5.95. The standard InChI is InChI=1S/C20H25FN2O3/c1-23(15-16-6-5-7-19(14-16)25-2)20(24)22-12-3-4-13-26-18-10-8-17(21)9-11-18/h5-11,14H,3-4,12-13,15H2,1-2H3,(H,22,24). The van der Waals surface area contributed by atoms with Crippen molar-refractivity contribution in [3.8, 4) is 11.5 Å². The van der Waals surface area contributed by atoms with Crippen molar-refractivity contribution in [1.29, 1.82) is 0 Å². The van der Waals surface area contributed by atoms with Crippen molar-refractivity contribution in [1.82, 2.24) is 10.2 Å². The minimum absolute atomic E-state index is 0.118. The number of halogens is 1. The van der Waals surface area contributed by atoms with E-state index in [1.54, 1.807) is 31.2 Å². The third kappa shape index (κ3) is 6.63. The Morgan fingerprint density at radius 2 is 1.88 bits per heavy atom. The van der Waals surface area contributed by atoms with Crippen molar-refractivity contribution < 1.29 is 18.7 Å². The molecule has 0 saturated carbocycles. The van der Waals surface area contributed by atoms with E-state index in [-0.39, 0.29) is 11.8 Å². The van der Waals surface area contributed by atoms with E-state index < -0.39 is 0 Å². The molecule has 2 aromatic rings. The van der Waals surface area contributed by atoms with Gasteiger partial charge in [-0.1, -0.05) is 12.1 Å². The van der Waals surface area contributed by atoms with Gasteiger partial charge >= 0.3 is 6.03 Å².